The van der Waals surface area contributed by atoms with Crippen LogP contribution < -0.4 is 0 Å². The summed E-state index contributed by atoms with van der Waals surface area (Å²) in [6, 6.07) is 7.58. The monoisotopic (exact) mass is 362 g/mol. The lowest BCUT2D eigenvalue weighted by Crippen LogP contribution is -2.36. The van der Waals surface area contributed by atoms with Crippen LogP contribution in [-0.2, 0) is 11.2 Å². The number of carbonyl (C=O) groups is 1. The summed E-state index contributed by atoms with van der Waals surface area (Å²) in [5.41, 5.74) is 1.59. The second-order valence-corrected chi connectivity index (χ2v) is 7.79. The first-order valence-corrected chi connectivity index (χ1v) is 8.89. The van der Waals surface area contributed by atoms with Gasteiger partial charge in [-0.15, -0.1) is 0 Å². The fourth-order valence-electron chi connectivity index (χ4n) is 3.08. The standard InChI is InChI=1S/C19H23ClN2O3/c1-19(2,3)24-18(23)22-10-4-5-16(22)17-14(12-21-25-17)11-13-6-8-15(20)9-7-13/h6-9,12,16H,4-5,10-11H2,1-3H3. The first-order chi connectivity index (χ1) is 11.8. The van der Waals surface area contributed by atoms with Crippen molar-refractivity contribution >= 4 is 17.7 Å². The number of benzene rings is 1. The Morgan fingerprint density at radius 2 is 2.08 bits per heavy atom. The van der Waals surface area contributed by atoms with Gasteiger partial charge in [0.2, 0.25) is 0 Å². The molecule has 2 aromatic rings. The molecule has 5 nitrogen and oxygen atoms in total. The maximum Gasteiger partial charge on any atom is 0.410 e. The second kappa shape index (κ2) is 7.08. The fraction of sp³-hybridized carbons (Fsp3) is 0.474. The third kappa shape index (κ3) is 4.34. The summed E-state index contributed by atoms with van der Waals surface area (Å²) in [4.78, 5) is 14.2. The van der Waals surface area contributed by atoms with Crippen LogP contribution in [0.5, 0.6) is 0 Å². The summed E-state index contributed by atoms with van der Waals surface area (Å²) in [7, 11) is 0. The van der Waals surface area contributed by atoms with Crippen LogP contribution in [0.15, 0.2) is 35.0 Å². The molecule has 2 heterocycles. The van der Waals surface area contributed by atoms with Crippen molar-refractivity contribution in [3.8, 4) is 0 Å². The highest BCUT2D eigenvalue weighted by Crippen LogP contribution is 2.35. The number of rotatable bonds is 3. The highest BCUT2D eigenvalue weighted by molar-refractivity contribution is 6.30. The highest BCUT2D eigenvalue weighted by atomic mass is 35.5. The summed E-state index contributed by atoms with van der Waals surface area (Å²) in [5.74, 6) is 0.748. The van der Waals surface area contributed by atoms with E-state index in [1.807, 2.05) is 45.0 Å². The number of ether oxygens (including phenoxy) is 1. The van der Waals surface area contributed by atoms with E-state index in [0.29, 0.717) is 18.0 Å². The molecule has 0 saturated carbocycles. The molecule has 3 rings (SSSR count). The molecule has 6 heteroatoms. The molecule has 1 aromatic carbocycles. The lowest BCUT2D eigenvalue weighted by molar-refractivity contribution is 0.0203. The molecule has 0 bridgehead atoms. The highest BCUT2D eigenvalue weighted by Gasteiger charge is 2.36. The van der Waals surface area contributed by atoms with Gasteiger partial charge in [-0.2, -0.15) is 0 Å². The minimum Gasteiger partial charge on any atom is -0.444 e. The summed E-state index contributed by atoms with van der Waals surface area (Å²) < 4.78 is 11.1. The van der Waals surface area contributed by atoms with E-state index in [0.717, 1.165) is 29.7 Å². The zero-order valence-electron chi connectivity index (χ0n) is 14.8. The van der Waals surface area contributed by atoms with Crippen LogP contribution >= 0.6 is 11.6 Å². The molecule has 0 N–H and O–H groups in total. The van der Waals surface area contributed by atoms with Crippen molar-refractivity contribution in [2.24, 2.45) is 0 Å². The van der Waals surface area contributed by atoms with E-state index in [-0.39, 0.29) is 12.1 Å². The normalized spacial score (nSPS) is 17.8. The van der Waals surface area contributed by atoms with Gasteiger partial charge in [0.15, 0.2) is 5.76 Å². The number of aromatic nitrogens is 1. The number of amides is 1. The minimum atomic E-state index is -0.516. The van der Waals surface area contributed by atoms with Gasteiger partial charge in [-0.1, -0.05) is 28.9 Å². The van der Waals surface area contributed by atoms with Gasteiger partial charge in [0.25, 0.3) is 0 Å². The molecule has 1 atom stereocenters. The molecule has 0 spiro atoms. The van der Waals surface area contributed by atoms with Gasteiger partial charge in [0, 0.05) is 23.6 Å². The van der Waals surface area contributed by atoms with Gasteiger partial charge in [0.1, 0.15) is 5.60 Å². The van der Waals surface area contributed by atoms with Crippen LogP contribution in [0.1, 0.15) is 56.5 Å². The van der Waals surface area contributed by atoms with Crippen molar-refractivity contribution in [2.75, 3.05) is 6.54 Å². The molecular formula is C19H23ClN2O3. The van der Waals surface area contributed by atoms with Crippen LogP contribution in [0.3, 0.4) is 0 Å². The van der Waals surface area contributed by atoms with Gasteiger partial charge in [-0.25, -0.2) is 4.79 Å². The van der Waals surface area contributed by atoms with E-state index in [1.54, 1.807) is 11.1 Å². The average Bonchev–Trinajstić information content (AvgIpc) is 3.16. The van der Waals surface area contributed by atoms with E-state index in [1.165, 1.54) is 0 Å². The second-order valence-electron chi connectivity index (χ2n) is 7.35. The molecule has 1 aliphatic heterocycles. The molecule has 1 saturated heterocycles. The first-order valence-electron chi connectivity index (χ1n) is 8.51. The van der Waals surface area contributed by atoms with Gasteiger partial charge in [-0.3, -0.25) is 4.90 Å². The van der Waals surface area contributed by atoms with E-state index in [4.69, 9.17) is 20.9 Å². The molecule has 1 amide bonds. The van der Waals surface area contributed by atoms with E-state index in [9.17, 15) is 4.79 Å². The van der Waals surface area contributed by atoms with Crippen LogP contribution in [0.25, 0.3) is 0 Å². The predicted molar refractivity (Wildman–Crippen MR) is 95.7 cm³/mol. The number of hydrogen-bond acceptors (Lipinski definition) is 4. The molecule has 0 aliphatic carbocycles. The van der Waals surface area contributed by atoms with Crippen molar-refractivity contribution in [2.45, 2.75) is 51.7 Å². The molecule has 1 aliphatic rings. The molecule has 1 unspecified atom stereocenters. The fourth-order valence-corrected chi connectivity index (χ4v) is 3.20. The molecule has 134 valence electrons. The summed E-state index contributed by atoms with van der Waals surface area (Å²) in [6.45, 7) is 6.28. The number of likely N-dealkylation sites (tertiary alicyclic amines) is 1. The molecule has 1 fully saturated rings. The van der Waals surface area contributed by atoms with Crippen LogP contribution in [0, 0.1) is 0 Å². The summed E-state index contributed by atoms with van der Waals surface area (Å²) in [5, 5.41) is 4.68. The smallest absolute Gasteiger partial charge is 0.410 e. The Hall–Kier alpha value is -2.01. The third-order valence-corrected chi connectivity index (χ3v) is 4.42. The Morgan fingerprint density at radius 1 is 1.36 bits per heavy atom. The third-order valence-electron chi connectivity index (χ3n) is 4.17. The quantitative estimate of drug-likeness (QED) is 0.771. The topological polar surface area (TPSA) is 55.6 Å². The Balaban J connectivity index is 1.78. The Bertz CT molecular complexity index is 734. The largest absolute Gasteiger partial charge is 0.444 e. The van der Waals surface area contributed by atoms with Gasteiger partial charge in [0.05, 0.1) is 12.2 Å². The van der Waals surface area contributed by atoms with E-state index < -0.39 is 5.60 Å². The molecule has 1 aromatic heterocycles. The molecular weight excluding hydrogens is 340 g/mol. The first kappa shape index (κ1) is 17.8. The van der Waals surface area contributed by atoms with Crippen LogP contribution in [-0.4, -0.2) is 28.3 Å². The number of carbonyl (C=O) groups excluding carboxylic acids is 1. The van der Waals surface area contributed by atoms with Crippen LogP contribution in [0.4, 0.5) is 4.79 Å². The maximum atomic E-state index is 12.5. The minimum absolute atomic E-state index is 0.125. The average molecular weight is 363 g/mol. The van der Waals surface area contributed by atoms with Crippen molar-refractivity contribution < 1.29 is 14.1 Å². The van der Waals surface area contributed by atoms with Crippen molar-refractivity contribution in [3.63, 3.8) is 0 Å². The lowest BCUT2D eigenvalue weighted by Gasteiger charge is -2.27. The van der Waals surface area contributed by atoms with Crippen molar-refractivity contribution in [1.29, 1.82) is 0 Å². The maximum absolute atomic E-state index is 12.5. The van der Waals surface area contributed by atoms with E-state index >= 15 is 0 Å². The zero-order chi connectivity index (χ0) is 18.0. The molecule has 25 heavy (non-hydrogen) atoms. The Labute approximate surface area is 152 Å². The summed E-state index contributed by atoms with van der Waals surface area (Å²) >= 11 is 5.95. The Kier molecular flexibility index (Phi) is 5.04. The lowest BCUT2D eigenvalue weighted by atomic mass is 10.0. The van der Waals surface area contributed by atoms with E-state index in [2.05, 4.69) is 5.16 Å². The number of halogens is 1. The number of hydrogen-bond donors (Lipinski definition) is 0. The van der Waals surface area contributed by atoms with Gasteiger partial charge >= 0.3 is 6.09 Å². The van der Waals surface area contributed by atoms with Crippen molar-refractivity contribution in [3.05, 3.63) is 52.4 Å². The van der Waals surface area contributed by atoms with Gasteiger partial charge < -0.3 is 9.26 Å². The summed E-state index contributed by atoms with van der Waals surface area (Å²) in [6.07, 6.45) is 3.89. The number of nitrogens with zero attached hydrogens (tertiary/aromatic N) is 2. The molecule has 0 radical (unpaired) electrons. The Morgan fingerprint density at radius 3 is 2.76 bits per heavy atom. The van der Waals surface area contributed by atoms with Crippen LogP contribution in [0.2, 0.25) is 5.02 Å². The van der Waals surface area contributed by atoms with Crippen molar-refractivity contribution in [1.82, 2.24) is 10.1 Å². The van der Waals surface area contributed by atoms with Gasteiger partial charge in [-0.05, 0) is 51.3 Å². The SMILES string of the molecule is CC(C)(C)OC(=O)N1CCCC1c1oncc1Cc1ccc(Cl)cc1. The predicted octanol–water partition coefficient (Wildman–Crippen LogP) is 4.99. The zero-order valence-corrected chi connectivity index (χ0v) is 15.5.